The number of nitrogens with zero attached hydrogens (tertiary/aromatic N) is 1. The minimum Gasteiger partial charge on any atom is -0.377 e. The maximum absolute atomic E-state index is 5.40. The van der Waals surface area contributed by atoms with Crippen LogP contribution in [0.4, 0.5) is 0 Å². The van der Waals surface area contributed by atoms with Gasteiger partial charge in [-0.2, -0.15) is 0 Å². The van der Waals surface area contributed by atoms with Gasteiger partial charge >= 0.3 is 0 Å². The first-order valence-corrected chi connectivity index (χ1v) is 4.36. The molecule has 0 aliphatic rings. The standard InChI is InChI=1S/C10H13NO/c1-3-5-8-6-4-7-9-10(8)12-11(9)2/h4,6-7H,3,5H2,1-2H3. The predicted molar refractivity (Wildman–Crippen MR) is 49.2 cm³/mol. The van der Waals surface area contributed by atoms with Gasteiger partial charge in [0.15, 0.2) is 5.58 Å². The largest absolute Gasteiger partial charge is 0.377 e. The molecule has 1 heterocycles. The van der Waals surface area contributed by atoms with Gasteiger partial charge in [0.25, 0.3) is 0 Å². The lowest BCUT2D eigenvalue weighted by Gasteiger charge is -2.11. The highest BCUT2D eigenvalue weighted by molar-refractivity contribution is 5.77. The van der Waals surface area contributed by atoms with Crippen molar-refractivity contribution in [3.63, 3.8) is 0 Å². The van der Waals surface area contributed by atoms with E-state index in [4.69, 9.17) is 4.52 Å². The van der Waals surface area contributed by atoms with Crippen molar-refractivity contribution in [2.24, 2.45) is 7.05 Å². The zero-order valence-electron chi connectivity index (χ0n) is 7.50. The van der Waals surface area contributed by atoms with Gasteiger partial charge in [-0.1, -0.05) is 25.5 Å². The Bertz CT molecular complexity index is 383. The van der Waals surface area contributed by atoms with Gasteiger partial charge in [0, 0.05) is 7.05 Å². The summed E-state index contributed by atoms with van der Waals surface area (Å²) in [6.07, 6.45) is 2.28. The van der Waals surface area contributed by atoms with Crippen molar-refractivity contribution in [3.8, 4) is 0 Å². The Morgan fingerprint density at radius 3 is 2.92 bits per heavy atom. The van der Waals surface area contributed by atoms with Crippen LogP contribution in [0.2, 0.25) is 0 Å². The van der Waals surface area contributed by atoms with E-state index < -0.39 is 0 Å². The summed E-state index contributed by atoms with van der Waals surface area (Å²) in [5.41, 5.74) is 3.61. The van der Waals surface area contributed by atoms with Gasteiger partial charge in [-0.25, -0.2) is 4.74 Å². The van der Waals surface area contributed by atoms with Gasteiger partial charge in [-0.3, -0.25) is 0 Å². The molecule has 1 aromatic carbocycles. The van der Waals surface area contributed by atoms with E-state index in [0.29, 0.717) is 0 Å². The van der Waals surface area contributed by atoms with Crippen LogP contribution < -0.4 is 0 Å². The molecule has 2 aromatic rings. The molecule has 0 saturated carbocycles. The van der Waals surface area contributed by atoms with Crippen LogP contribution in [0.25, 0.3) is 11.1 Å². The summed E-state index contributed by atoms with van der Waals surface area (Å²) in [5.74, 6) is 0. The summed E-state index contributed by atoms with van der Waals surface area (Å²) in [4.78, 5) is 0. The topological polar surface area (TPSA) is 18.1 Å². The summed E-state index contributed by atoms with van der Waals surface area (Å²) in [6.45, 7) is 2.18. The van der Waals surface area contributed by atoms with Crippen LogP contribution in [-0.2, 0) is 13.5 Å². The highest BCUT2D eigenvalue weighted by atomic mass is 16.5. The number of rotatable bonds is 2. The Balaban J connectivity index is 2.48. The van der Waals surface area contributed by atoms with Gasteiger partial charge in [-0.05, 0) is 18.1 Å². The van der Waals surface area contributed by atoms with Crippen LogP contribution in [0, 0.1) is 0 Å². The normalized spacial score (nSPS) is 11.2. The maximum atomic E-state index is 5.40. The van der Waals surface area contributed by atoms with E-state index >= 15 is 0 Å². The first-order valence-electron chi connectivity index (χ1n) is 4.36. The van der Waals surface area contributed by atoms with E-state index in [-0.39, 0.29) is 0 Å². The van der Waals surface area contributed by atoms with Crippen LogP contribution in [0.1, 0.15) is 18.9 Å². The summed E-state index contributed by atoms with van der Waals surface area (Å²) in [6, 6.07) is 6.30. The number of aryl methyl sites for hydroxylation is 2. The van der Waals surface area contributed by atoms with Crippen LogP contribution in [0.3, 0.4) is 0 Å². The van der Waals surface area contributed by atoms with Crippen molar-refractivity contribution in [1.82, 2.24) is 4.74 Å². The fourth-order valence-corrected chi connectivity index (χ4v) is 1.54. The second kappa shape index (κ2) is 2.70. The van der Waals surface area contributed by atoms with E-state index in [9.17, 15) is 0 Å². The molecule has 0 aliphatic heterocycles. The quantitative estimate of drug-likeness (QED) is 0.665. The number of aromatic nitrogens is 1. The average molecular weight is 163 g/mol. The molecule has 0 bridgehead atoms. The minimum atomic E-state index is 1.07. The molecule has 2 heteroatoms. The van der Waals surface area contributed by atoms with Crippen LogP contribution in [0.5, 0.6) is 0 Å². The summed E-state index contributed by atoms with van der Waals surface area (Å²) in [5, 5.41) is 0. The Morgan fingerprint density at radius 2 is 2.25 bits per heavy atom. The van der Waals surface area contributed by atoms with Crippen molar-refractivity contribution in [2.75, 3.05) is 0 Å². The predicted octanol–water partition coefficient (Wildman–Crippen LogP) is 2.72. The Kier molecular flexibility index (Phi) is 1.68. The van der Waals surface area contributed by atoms with E-state index in [1.54, 1.807) is 4.74 Å². The lowest BCUT2D eigenvalue weighted by Crippen LogP contribution is -2.00. The SMILES string of the molecule is CCCc1cccc2c1on2C. The molecular formula is C10H13NO. The molecule has 0 N–H and O–H groups in total. The van der Waals surface area contributed by atoms with Gasteiger partial charge in [0.05, 0.1) is 0 Å². The van der Waals surface area contributed by atoms with Gasteiger partial charge < -0.3 is 4.52 Å². The number of benzene rings is 1. The third-order valence-electron chi connectivity index (χ3n) is 2.16. The van der Waals surface area contributed by atoms with Crippen LogP contribution >= 0.6 is 0 Å². The van der Waals surface area contributed by atoms with Crippen LogP contribution in [0.15, 0.2) is 22.7 Å². The van der Waals surface area contributed by atoms with E-state index in [2.05, 4.69) is 25.1 Å². The lowest BCUT2D eigenvalue weighted by molar-refractivity contribution is 0.303. The monoisotopic (exact) mass is 163 g/mol. The number of hydrogen-bond donors (Lipinski definition) is 0. The van der Waals surface area contributed by atoms with E-state index in [1.807, 2.05) is 7.05 Å². The van der Waals surface area contributed by atoms with Crippen molar-refractivity contribution < 1.29 is 4.52 Å². The summed E-state index contributed by atoms with van der Waals surface area (Å²) < 4.78 is 7.20. The Morgan fingerprint density at radius 1 is 1.42 bits per heavy atom. The molecule has 12 heavy (non-hydrogen) atoms. The third-order valence-corrected chi connectivity index (χ3v) is 2.16. The fourth-order valence-electron chi connectivity index (χ4n) is 1.54. The summed E-state index contributed by atoms with van der Waals surface area (Å²) >= 11 is 0. The van der Waals surface area contributed by atoms with Crippen molar-refractivity contribution in [3.05, 3.63) is 23.8 Å². The molecule has 0 radical (unpaired) electrons. The molecule has 0 spiro atoms. The smallest absolute Gasteiger partial charge is 0.185 e. The van der Waals surface area contributed by atoms with Gasteiger partial charge in [0.1, 0.15) is 5.52 Å². The first-order chi connectivity index (χ1) is 5.83. The molecule has 1 aromatic heterocycles. The number of hydrogen-bond acceptors (Lipinski definition) is 1. The Labute approximate surface area is 71.7 Å². The molecule has 0 unspecified atom stereocenters. The van der Waals surface area contributed by atoms with Crippen molar-refractivity contribution in [2.45, 2.75) is 19.8 Å². The number of fused-ring (bicyclic) bond motifs is 1. The molecule has 64 valence electrons. The second-order valence-corrected chi connectivity index (χ2v) is 3.10. The Hall–Kier alpha value is -1.18. The van der Waals surface area contributed by atoms with E-state index in [1.165, 1.54) is 17.5 Å². The van der Waals surface area contributed by atoms with Crippen molar-refractivity contribution in [1.29, 1.82) is 0 Å². The number of para-hydroxylation sites is 1. The molecule has 0 aliphatic carbocycles. The molecular weight excluding hydrogens is 150 g/mol. The fraction of sp³-hybridized carbons (Fsp3) is 0.400. The second-order valence-electron chi connectivity index (χ2n) is 3.10. The van der Waals surface area contributed by atoms with Gasteiger partial charge in [0.2, 0.25) is 0 Å². The van der Waals surface area contributed by atoms with Crippen molar-refractivity contribution >= 4 is 11.1 Å². The van der Waals surface area contributed by atoms with Crippen LogP contribution in [-0.4, -0.2) is 4.74 Å². The highest BCUT2D eigenvalue weighted by Gasteiger charge is 2.08. The average Bonchev–Trinajstić information content (AvgIpc) is 2.06. The van der Waals surface area contributed by atoms with Gasteiger partial charge in [-0.15, -0.1) is 0 Å². The molecule has 2 rings (SSSR count). The molecule has 2 nitrogen and oxygen atoms in total. The molecule has 0 saturated heterocycles. The molecule has 0 atom stereocenters. The molecule has 0 fully saturated rings. The first kappa shape index (κ1) is 7.47. The third kappa shape index (κ3) is 0.951. The minimum absolute atomic E-state index is 1.07. The lowest BCUT2D eigenvalue weighted by atomic mass is 10.1. The zero-order chi connectivity index (χ0) is 8.55. The zero-order valence-corrected chi connectivity index (χ0v) is 7.50. The van der Waals surface area contributed by atoms with E-state index in [0.717, 1.165) is 12.0 Å². The highest BCUT2D eigenvalue weighted by Crippen LogP contribution is 2.22. The maximum Gasteiger partial charge on any atom is 0.185 e. The molecule has 0 amide bonds. The summed E-state index contributed by atoms with van der Waals surface area (Å²) in [7, 11) is 1.93.